The molecule has 2 heterocycles. The van der Waals surface area contributed by atoms with Crippen LogP contribution in [0.2, 0.25) is 0 Å². The first-order chi connectivity index (χ1) is 6.22. The van der Waals surface area contributed by atoms with Gasteiger partial charge in [-0.25, -0.2) is 4.79 Å². The number of nitrogens with zero attached hydrogens (tertiary/aromatic N) is 1. The minimum Gasteiger partial charge on any atom is -0.465 e. The molecular formula is C9H13NO3. The fourth-order valence-electron chi connectivity index (χ4n) is 2.64. The van der Waals surface area contributed by atoms with Crippen LogP contribution in [0.15, 0.2) is 0 Å². The van der Waals surface area contributed by atoms with Gasteiger partial charge in [0.05, 0.1) is 0 Å². The maximum absolute atomic E-state index is 10.8. The third kappa shape index (κ3) is 1.30. The number of aldehydes is 1. The molecule has 0 aromatic carbocycles. The second kappa shape index (κ2) is 3.01. The molecule has 1 amide bonds. The molecule has 2 atom stereocenters. The Labute approximate surface area is 76.5 Å². The van der Waals surface area contributed by atoms with E-state index in [-0.39, 0.29) is 18.0 Å². The molecule has 2 rings (SSSR count). The molecule has 0 spiro atoms. The molecule has 2 fully saturated rings. The number of fused-ring (bicyclic) bond motifs is 2. The van der Waals surface area contributed by atoms with Crippen molar-refractivity contribution in [2.75, 3.05) is 0 Å². The first-order valence-corrected chi connectivity index (χ1v) is 4.69. The lowest BCUT2D eigenvalue weighted by molar-refractivity contribution is -0.113. The Morgan fingerprint density at radius 2 is 1.85 bits per heavy atom. The Morgan fingerprint density at radius 3 is 2.23 bits per heavy atom. The van der Waals surface area contributed by atoms with E-state index < -0.39 is 6.09 Å². The van der Waals surface area contributed by atoms with Gasteiger partial charge in [-0.05, 0) is 25.7 Å². The van der Waals surface area contributed by atoms with Gasteiger partial charge in [0.15, 0.2) is 0 Å². The molecule has 2 saturated heterocycles. The summed E-state index contributed by atoms with van der Waals surface area (Å²) in [6.07, 6.45) is 3.47. The summed E-state index contributed by atoms with van der Waals surface area (Å²) in [5, 5.41) is 8.92. The van der Waals surface area contributed by atoms with Crippen molar-refractivity contribution in [2.24, 2.45) is 5.92 Å². The molecule has 2 aliphatic rings. The third-order valence-corrected chi connectivity index (χ3v) is 3.18. The predicted octanol–water partition coefficient (Wildman–Crippen LogP) is 1.11. The van der Waals surface area contributed by atoms with Crippen LogP contribution in [-0.4, -0.2) is 34.5 Å². The van der Waals surface area contributed by atoms with Crippen LogP contribution < -0.4 is 0 Å². The highest BCUT2D eigenvalue weighted by molar-refractivity contribution is 5.67. The molecule has 2 unspecified atom stereocenters. The van der Waals surface area contributed by atoms with E-state index in [1.165, 1.54) is 0 Å². The average molecular weight is 183 g/mol. The molecule has 1 N–H and O–H groups in total. The van der Waals surface area contributed by atoms with Crippen molar-refractivity contribution in [1.82, 2.24) is 4.90 Å². The molecule has 4 heteroatoms. The van der Waals surface area contributed by atoms with Crippen LogP contribution in [0.25, 0.3) is 0 Å². The van der Waals surface area contributed by atoms with Crippen molar-refractivity contribution < 1.29 is 14.7 Å². The van der Waals surface area contributed by atoms with Crippen molar-refractivity contribution in [1.29, 1.82) is 0 Å². The highest BCUT2D eigenvalue weighted by Gasteiger charge is 2.43. The lowest BCUT2D eigenvalue weighted by Crippen LogP contribution is -2.46. The Hall–Kier alpha value is -1.06. The molecule has 2 bridgehead atoms. The zero-order valence-corrected chi connectivity index (χ0v) is 7.35. The summed E-state index contributed by atoms with van der Waals surface area (Å²) >= 11 is 0. The average Bonchev–Trinajstić information content (AvgIpc) is 2.37. The largest absolute Gasteiger partial charge is 0.465 e. The number of hydrogen-bond donors (Lipinski definition) is 1. The summed E-state index contributed by atoms with van der Waals surface area (Å²) in [4.78, 5) is 23.0. The minimum absolute atomic E-state index is 0.0908. The molecule has 4 nitrogen and oxygen atoms in total. The first-order valence-electron chi connectivity index (χ1n) is 4.69. The molecule has 2 aliphatic heterocycles. The number of rotatable bonds is 1. The summed E-state index contributed by atoms with van der Waals surface area (Å²) in [6, 6.07) is 0.206. The quantitative estimate of drug-likeness (QED) is 0.619. The molecule has 0 saturated carbocycles. The fraction of sp³-hybridized carbons (Fsp3) is 0.778. The van der Waals surface area contributed by atoms with Gasteiger partial charge in [-0.15, -0.1) is 0 Å². The van der Waals surface area contributed by atoms with Gasteiger partial charge in [0.25, 0.3) is 0 Å². The Morgan fingerprint density at radius 1 is 1.31 bits per heavy atom. The Bertz CT molecular complexity index is 227. The van der Waals surface area contributed by atoms with E-state index in [4.69, 9.17) is 5.11 Å². The van der Waals surface area contributed by atoms with E-state index in [0.29, 0.717) is 0 Å². The highest BCUT2D eigenvalue weighted by atomic mass is 16.4. The van der Waals surface area contributed by atoms with Gasteiger partial charge in [0.2, 0.25) is 0 Å². The van der Waals surface area contributed by atoms with Crippen molar-refractivity contribution >= 4 is 12.4 Å². The second-order valence-electron chi connectivity index (χ2n) is 3.94. The van der Waals surface area contributed by atoms with E-state index in [9.17, 15) is 9.59 Å². The number of carboxylic acid groups (broad SMARTS) is 1. The number of amides is 1. The van der Waals surface area contributed by atoms with Gasteiger partial charge < -0.3 is 14.8 Å². The molecule has 0 aliphatic carbocycles. The van der Waals surface area contributed by atoms with Gasteiger partial charge in [-0.1, -0.05) is 0 Å². The van der Waals surface area contributed by atoms with Crippen LogP contribution in [-0.2, 0) is 4.79 Å². The number of carbonyl (C=O) groups excluding carboxylic acids is 1. The molecule has 0 aromatic rings. The minimum atomic E-state index is -0.822. The monoisotopic (exact) mass is 183 g/mol. The molecule has 13 heavy (non-hydrogen) atoms. The SMILES string of the molecule is O=CC1CC2CCC(C1)N2C(=O)O. The molecule has 0 radical (unpaired) electrons. The van der Waals surface area contributed by atoms with Gasteiger partial charge in [0, 0.05) is 18.0 Å². The van der Waals surface area contributed by atoms with Gasteiger partial charge in [-0.2, -0.15) is 0 Å². The summed E-state index contributed by atoms with van der Waals surface area (Å²) < 4.78 is 0. The van der Waals surface area contributed by atoms with E-state index >= 15 is 0 Å². The second-order valence-corrected chi connectivity index (χ2v) is 3.94. The maximum Gasteiger partial charge on any atom is 0.407 e. The number of carbonyl (C=O) groups is 2. The van der Waals surface area contributed by atoms with Gasteiger partial charge in [0.1, 0.15) is 6.29 Å². The van der Waals surface area contributed by atoms with Gasteiger partial charge in [-0.3, -0.25) is 0 Å². The summed E-state index contributed by atoms with van der Waals surface area (Å²) in [7, 11) is 0. The summed E-state index contributed by atoms with van der Waals surface area (Å²) in [5.74, 6) is 0.0908. The first kappa shape index (κ1) is 8.53. The van der Waals surface area contributed by atoms with Crippen molar-refractivity contribution in [2.45, 2.75) is 37.8 Å². The molecule has 0 aromatic heterocycles. The van der Waals surface area contributed by atoms with E-state index in [0.717, 1.165) is 32.0 Å². The normalized spacial score (nSPS) is 37.5. The lowest BCUT2D eigenvalue weighted by atomic mass is 9.92. The van der Waals surface area contributed by atoms with E-state index in [2.05, 4.69) is 0 Å². The van der Waals surface area contributed by atoms with Crippen LogP contribution >= 0.6 is 0 Å². The third-order valence-electron chi connectivity index (χ3n) is 3.18. The van der Waals surface area contributed by atoms with Crippen LogP contribution in [0.4, 0.5) is 4.79 Å². The maximum atomic E-state index is 10.8. The Balaban J connectivity index is 2.12. The van der Waals surface area contributed by atoms with Crippen molar-refractivity contribution in [3.63, 3.8) is 0 Å². The zero-order chi connectivity index (χ0) is 9.42. The Kier molecular flexibility index (Phi) is 1.98. The summed E-state index contributed by atoms with van der Waals surface area (Å²) in [5.41, 5.74) is 0. The predicted molar refractivity (Wildman–Crippen MR) is 45.5 cm³/mol. The van der Waals surface area contributed by atoms with Crippen LogP contribution in [0.1, 0.15) is 25.7 Å². The van der Waals surface area contributed by atoms with Crippen LogP contribution in [0.5, 0.6) is 0 Å². The van der Waals surface area contributed by atoms with Crippen molar-refractivity contribution in [3.05, 3.63) is 0 Å². The molecule has 72 valence electrons. The standard InChI is InChI=1S/C9H13NO3/c11-5-6-3-7-1-2-8(4-6)10(7)9(12)13/h5-8H,1-4H2,(H,12,13). The highest BCUT2D eigenvalue weighted by Crippen LogP contribution is 2.37. The van der Waals surface area contributed by atoms with E-state index in [1.807, 2.05) is 0 Å². The smallest absolute Gasteiger partial charge is 0.407 e. The zero-order valence-electron chi connectivity index (χ0n) is 7.35. The van der Waals surface area contributed by atoms with E-state index in [1.54, 1.807) is 4.90 Å². The van der Waals surface area contributed by atoms with Crippen molar-refractivity contribution in [3.8, 4) is 0 Å². The molecular weight excluding hydrogens is 170 g/mol. The van der Waals surface area contributed by atoms with Crippen LogP contribution in [0.3, 0.4) is 0 Å². The van der Waals surface area contributed by atoms with Gasteiger partial charge >= 0.3 is 6.09 Å². The lowest BCUT2D eigenvalue weighted by Gasteiger charge is -2.34. The fourth-order valence-corrected chi connectivity index (χ4v) is 2.64. The summed E-state index contributed by atoms with van der Waals surface area (Å²) in [6.45, 7) is 0. The number of piperidine rings is 1. The topological polar surface area (TPSA) is 57.6 Å². The van der Waals surface area contributed by atoms with Crippen LogP contribution in [0, 0.1) is 5.92 Å². The number of hydrogen-bond acceptors (Lipinski definition) is 2.